The van der Waals surface area contributed by atoms with Gasteiger partial charge in [0, 0.05) is 36.7 Å². The maximum atomic E-state index is 11.2. The summed E-state index contributed by atoms with van der Waals surface area (Å²) >= 11 is 0. The molecule has 0 fully saturated rings. The van der Waals surface area contributed by atoms with E-state index in [1.165, 1.54) is 13.8 Å². The van der Waals surface area contributed by atoms with Crippen LogP contribution in [0.4, 0.5) is 11.6 Å². The van der Waals surface area contributed by atoms with Gasteiger partial charge in [-0.2, -0.15) is 0 Å². The highest BCUT2D eigenvalue weighted by molar-refractivity contribution is 8.13. The highest BCUT2D eigenvalue weighted by Gasteiger charge is 2.14. The van der Waals surface area contributed by atoms with Gasteiger partial charge in [-0.05, 0) is 0 Å². The first-order valence-corrected chi connectivity index (χ1v) is 7.01. The summed E-state index contributed by atoms with van der Waals surface area (Å²) in [6, 6.07) is 2.18. The van der Waals surface area contributed by atoms with Crippen molar-refractivity contribution >= 4 is 43.2 Å². The predicted molar refractivity (Wildman–Crippen MR) is 65.9 cm³/mol. The first-order valence-electron chi connectivity index (χ1n) is 4.70. The van der Waals surface area contributed by atoms with Crippen LogP contribution < -0.4 is 10.6 Å². The van der Waals surface area contributed by atoms with E-state index >= 15 is 0 Å². The molecule has 0 radical (unpaired) electrons. The fourth-order valence-electron chi connectivity index (χ4n) is 1.14. The van der Waals surface area contributed by atoms with Crippen LogP contribution in [0.1, 0.15) is 13.8 Å². The zero-order valence-corrected chi connectivity index (χ0v) is 11.1. The Morgan fingerprint density at radius 3 is 1.78 bits per heavy atom. The minimum atomic E-state index is -3.99. The molecule has 0 aliphatic rings. The molecule has 0 spiro atoms. The van der Waals surface area contributed by atoms with Gasteiger partial charge in [0.05, 0.1) is 4.90 Å². The summed E-state index contributed by atoms with van der Waals surface area (Å²) in [5, 5.41) is 4.61. The zero-order chi connectivity index (χ0) is 13.9. The van der Waals surface area contributed by atoms with Gasteiger partial charge in [0.1, 0.15) is 11.6 Å². The number of rotatable bonds is 3. The lowest BCUT2D eigenvalue weighted by atomic mass is 10.4. The quantitative estimate of drug-likeness (QED) is 0.806. The maximum absolute atomic E-state index is 11.2. The van der Waals surface area contributed by atoms with Crippen LogP contribution in [-0.2, 0) is 18.6 Å². The Morgan fingerprint density at radius 2 is 1.50 bits per heavy atom. The number of pyridine rings is 1. The molecule has 7 nitrogen and oxygen atoms in total. The molecule has 0 aliphatic carbocycles. The highest BCUT2D eigenvalue weighted by Crippen LogP contribution is 2.21. The Kier molecular flexibility index (Phi) is 4.25. The van der Waals surface area contributed by atoms with E-state index in [4.69, 9.17) is 10.7 Å². The topological polar surface area (TPSA) is 105 Å². The fraction of sp³-hybridized carbons (Fsp3) is 0.222. The van der Waals surface area contributed by atoms with E-state index in [-0.39, 0.29) is 16.5 Å². The van der Waals surface area contributed by atoms with E-state index in [1.54, 1.807) is 0 Å². The molecule has 1 rings (SSSR count). The number of aromatic nitrogens is 1. The van der Waals surface area contributed by atoms with Gasteiger partial charge in [-0.1, -0.05) is 0 Å². The Hall–Kier alpha value is -1.67. The average molecular weight is 292 g/mol. The van der Waals surface area contributed by atoms with Crippen molar-refractivity contribution in [2.45, 2.75) is 18.7 Å². The van der Waals surface area contributed by atoms with Gasteiger partial charge in [0.15, 0.2) is 0 Å². The Morgan fingerprint density at radius 1 is 1.11 bits per heavy atom. The highest BCUT2D eigenvalue weighted by atomic mass is 35.7. The number of amides is 2. The summed E-state index contributed by atoms with van der Waals surface area (Å²) < 4.78 is 22.4. The lowest BCUT2D eigenvalue weighted by Gasteiger charge is -2.07. The number of nitrogens with zero attached hydrogens (tertiary/aromatic N) is 1. The molecule has 1 heterocycles. The molecule has 0 unspecified atom stereocenters. The number of nitrogens with one attached hydrogen (secondary N) is 2. The molecular weight excluding hydrogens is 282 g/mol. The van der Waals surface area contributed by atoms with Gasteiger partial charge < -0.3 is 10.6 Å². The van der Waals surface area contributed by atoms with Gasteiger partial charge in [-0.15, -0.1) is 0 Å². The van der Waals surface area contributed by atoms with Crippen LogP contribution in [0.3, 0.4) is 0 Å². The SMILES string of the molecule is CC(=O)Nc1cc(S(=O)(=O)Cl)cc(NC(C)=O)n1. The summed E-state index contributed by atoms with van der Waals surface area (Å²) in [6.45, 7) is 2.48. The van der Waals surface area contributed by atoms with E-state index in [1.807, 2.05) is 0 Å². The number of carbonyl (C=O) groups excluding carboxylic acids is 2. The predicted octanol–water partition coefficient (Wildman–Crippen LogP) is 0.926. The molecular formula is C9H10ClN3O4S. The first kappa shape index (κ1) is 14.4. The molecule has 9 heteroatoms. The van der Waals surface area contributed by atoms with Crippen LogP contribution >= 0.6 is 10.7 Å². The molecule has 2 amide bonds. The third-order valence-corrected chi connectivity index (χ3v) is 3.02. The van der Waals surface area contributed by atoms with Crippen LogP contribution in [0.5, 0.6) is 0 Å². The van der Waals surface area contributed by atoms with Crippen LogP contribution in [0, 0.1) is 0 Å². The van der Waals surface area contributed by atoms with Crippen molar-refractivity contribution in [1.82, 2.24) is 4.98 Å². The van der Waals surface area contributed by atoms with Crippen LogP contribution in [0.15, 0.2) is 17.0 Å². The second kappa shape index (κ2) is 5.32. The molecule has 0 saturated carbocycles. The number of hydrogen-bond acceptors (Lipinski definition) is 5. The van der Waals surface area contributed by atoms with E-state index in [0.29, 0.717) is 0 Å². The van der Waals surface area contributed by atoms with Crippen LogP contribution in [-0.4, -0.2) is 25.2 Å². The molecule has 0 atom stereocenters. The van der Waals surface area contributed by atoms with E-state index in [2.05, 4.69) is 15.6 Å². The standard InChI is InChI=1S/C9H10ClN3O4S/c1-5(14)11-8-3-7(18(10,16)17)4-9(13-8)12-6(2)15/h3-4H,1-2H3,(H2,11,12,13,14,15). The smallest absolute Gasteiger partial charge is 0.261 e. The Balaban J connectivity index is 3.28. The van der Waals surface area contributed by atoms with Gasteiger partial charge in [0.25, 0.3) is 9.05 Å². The molecule has 0 aliphatic heterocycles. The molecule has 2 N–H and O–H groups in total. The minimum absolute atomic E-state index is 0.0204. The van der Waals surface area contributed by atoms with Crippen molar-refractivity contribution in [3.05, 3.63) is 12.1 Å². The molecule has 18 heavy (non-hydrogen) atoms. The van der Waals surface area contributed by atoms with Gasteiger partial charge >= 0.3 is 0 Å². The zero-order valence-electron chi connectivity index (χ0n) is 9.52. The third-order valence-electron chi connectivity index (χ3n) is 1.69. The van der Waals surface area contributed by atoms with Crippen LogP contribution in [0.25, 0.3) is 0 Å². The van der Waals surface area contributed by atoms with Gasteiger partial charge in [-0.3, -0.25) is 9.59 Å². The monoisotopic (exact) mass is 291 g/mol. The third kappa shape index (κ3) is 4.30. The molecule has 0 saturated heterocycles. The van der Waals surface area contributed by atoms with Crippen molar-refractivity contribution < 1.29 is 18.0 Å². The largest absolute Gasteiger partial charge is 0.311 e. The summed E-state index contributed by atoms with van der Waals surface area (Å²) in [7, 11) is 1.20. The second-order valence-electron chi connectivity index (χ2n) is 3.37. The number of carbonyl (C=O) groups is 2. The molecule has 98 valence electrons. The molecule has 0 bridgehead atoms. The lowest BCUT2D eigenvalue weighted by Crippen LogP contribution is -2.12. The number of hydrogen-bond donors (Lipinski definition) is 2. The Labute approximate surface area is 108 Å². The van der Waals surface area contributed by atoms with E-state index < -0.39 is 20.9 Å². The first-order chi connectivity index (χ1) is 8.18. The normalized spacial score (nSPS) is 10.8. The summed E-state index contributed by atoms with van der Waals surface area (Å²) in [6.07, 6.45) is 0. The van der Waals surface area contributed by atoms with Crippen molar-refractivity contribution in [1.29, 1.82) is 0 Å². The molecule has 0 aromatic carbocycles. The molecule has 1 aromatic rings. The van der Waals surface area contributed by atoms with Crippen LogP contribution in [0.2, 0.25) is 0 Å². The summed E-state index contributed by atoms with van der Waals surface area (Å²) in [4.78, 5) is 25.3. The fourth-order valence-corrected chi connectivity index (χ4v) is 1.91. The summed E-state index contributed by atoms with van der Waals surface area (Å²) in [5.74, 6) is -0.901. The number of halogens is 1. The maximum Gasteiger partial charge on any atom is 0.261 e. The van der Waals surface area contributed by atoms with E-state index in [0.717, 1.165) is 12.1 Å². The number of anilines is 2. The van der Waals surface area contributed by atoms with Crippen molar-refractivity contribution in [3.8, 4) is 0 Å². The lowest BCUT2D eigenvalue weighted by molar-refractivity contribution is -0.115. The minimum Gasteiger partial charge on any atom is -0.311 e. The Bertz CT molecular complexity index is 566. The van der Waals surface area contributed by atoms with Crippen molar-refractivity contribution in [2.24, 2.45) is 0 Å². The summed E-state index contributed by atoms with van der Waals surface area (Å²) in [5.41, 5.74) is 0. The average Bonchev–Trinajstić information content (AvgIpc) is 2.13. The van der Waals surface area contributed by atoms with Crippen molar-refractivity contribution in [2.75, 3.05) is 10.6 Å². The van der Waals surface area contributed by atoms with Gasteiger partial charge in [0.2, 0.25) is 11.8 Å². The van der Waals surface area contributed by atoms with E-state index in [9.17, 15) is 18.0 Å². The van der Waals surface area contributed by atoms with Crippen molar-refractivity contribution in [3.63, 3.8) is 0 Å². The van der Waals surface area contributed by atoms with Gasteiger partial charge in [-0.25, -0.2) is 13.4 Å². The molecule has 1 aromatic heterocycles. The second-order valence-corrected chi connectivity index (χ2v) is 5.94.